The Morgan fingerprint density at radius 2 is 2.07 bits per heavy atom. The van der Waals surface area contributed by atoms with Gasteiger partial charge in [0.25, 0.3) is 5.91 Å². The minimum absolute atomic E-state index is 0.0498. The lowest BCUT2D eigenvalue weighted by molar-refractivity contribution is -0.0390. The molecule has 1 aliphatic rings. The summed E-state index contributed by atoms with van der Waals surface area (Å²) in [5.74, 6) is -0.101. The lowest BCUT2D eigenvalue weighted by Crippen LogP contribution is -2.24. The second-order valence-corrected chi connectivity index (χ2v) is 7.01. The van der Waals surface area contributed by atoms with Gasteiger partial charge >= 0.3 is 6.01 Å². The highest BCUT2D eigenvalue weighted by Gasteiger charge is 2.43. The van der Waals surface area contributed by atoms with Gasteiger partial charge in [0, 0.05) is 11.5 Å². The number of aliphatic hydroxyl groups excluding tert-OH is 1. The molecule has 3 aromatic rings. The van der Waals surface area contributed by atoms with Crippen molar-refractivity contribution >= 4 is 22.9 Å². The van der Waals surface area contributed by atoms with Gasteiger partial charge in [-0.25, -0.2) is 14.5 Å². The zero-order valence-corrected chi connectivity index (χ0v) is 16.4. The fourth-order valence-electron chi connectivity index (χ4n) is 3.67. The number of anilines is 1. The van der Waals surface area contributed by atoms with Gasteiger partial charge in [0.2, 0.25) is 0 Å². The maximum absolute atomic E-state index is 12.6. The minimum atomic E-state index is -0.747. The molecular formula is C20H23N5O4. The van der Waals surface area contributed by atoms with E-state index in [1.807, 2.05) is 19.9 Å². The molecule has 3 heterocycles. The van der Waals surface area contributed by atoms with Crippen molar-refractivity contribution in [2.24, 2.45) is 5.92 Å². The maximum atomic E-state index is 12.6. The van der Waals surface area contributed by atoms with E-state index < -0.39 is 12.3 Å². The predicted molar refractivity (Wildman–Crippen MR) is 106 cm³/mol. The van der Waals surface area contributed by atoms with Crippen LogP contribution in [-0.4, -0.2) is 49.9 Å². The lowest BCUT2D eigenvalue weighted by atomic mass is 9.99. The van der Waals surface area contributed by atoms with Gasteiger partial charge in [-0.15, -0.1) is 0 Å². The Bertz CT molecular complexity index is 1020. The topological polar surface area (TPSA) is 111 Å². The van der Waals surface area contributed by atoms with Crippen molar-refractivity contribution < 1.29 is 19.4 Å². The summed E-state index contributed by atoms with van der Waals surface area (Å²) in [4.78, 5) is 25.5. The highest BCUT2D eigenvalue weighted by Crippen LogP contribution is 2.39. The Balaban J connectivity index is 1.74. The van der Waals surface area contributed by atoms with Crippen molar-refractivity contribution in [1.82, 2.24) is 19.5 Å². The maximum Gasteiger partial charge on any atom is 0.300 e. The number of ether oxygens (including phenoxy) is 2. The zero-order valence-electron chi connectivity index (χ0n) is 16.4. The number of nitrogens with one attached hydrogen (secondary N) is 1. The molecule has 2 N–H and O–H groups in total. The minimum Gasteiger partial charge on any atom is -0.468 e. The number of hydrogen-bond donors (Lipinski definition) is 2. The fourth-order valence-corrected chi connectivity index (χ4v) is 3.67. The van der Waals surface area contributed by atoms with Gasteiger partial charge in [-0.1, -0.05) is 32.0 Å². The van der Waals surface area contributed by atoms with Crippen molar-refractivity contribution in [3.63, 3.8) is 0 Å². The number of fused-ring (bicyclic) bond motifs is 1. The van der Waals surface area contributed by atoms with Gasteiger partial charge in [-0.2, -0.15) is 4.98 Å². The van der Waals surface area contributed by atoms with Crippen LogP contribution in [0, 0.1) is 5.92 Å². The van der Waals surface area contributed by atoms with Gasteiger partial charge < -0.3 is 19.9 Å². The second-order valence-electron chi connectivity index (χ2n) is 7.01. The van der Waals surface area contributed by atoms with Crippen molar-refractivity contribution in [3.8, 4) is 6.01 Å². The van der Waals surface area contributed by atoms with Crippen molar-refractivity contribution in [2.45, 2.75) is 38.7 Å². The SMILES string of the molecule is CC[C@H]1O[C@@H](n2c(OC)nc3c(NC(=O)c4ccccc4)ncnc32)[C@H](O)[C@@H]1C. The highest BCUT2D eigenvalue weighted by molar-refractivity contribution is 6.06. The number of rotatable bonds is 5. The van der Waals surface area contributed by atoms with Crippen LogP contribution in [0.15, 0.2) is 36.7 Å². The Kier molecular flexibility index (Phi) is 5.16. The number of imidazole rings is 1. The quantitative estimate of drug-likeness (QED) is 0.680. The molecule has 0 radical (unpaired) electrons. The smallest absolute Gasteiger partial charge is 0.300 e. The van der Waals surface area contributed by atoms with Crippen molar-refractivity contribution in [1.29, 1.82) is 0 Å². The summed E-state index contributed by atoms with van der Waals surface area (Å²) in [6.45, 7) is 3.96. The summed E-state index contributed by atoms with van der Waals surface area (Å²) in [5, 5.41) is 13.5. The summed E-state index contributed by atoms with van der Waals surface area (Å²) in [6.07, 6.45) is 0.585. The molecule has 9 nitrogen and oxygen atoms in total. The van der Waals surface area contributed by atoms with E-state index in [-0.39, 0.29) is 29.8 Å². The Labute approximate surface area is 167 Å². The number of benzene rings is 1. The van der Waals surface area contributed by atoms with Crippen LogP contribution in [0.2, 0.25) is 0 Å². The van der Waals surface area contributed by atoms with E-state index in [1.54, 1.807) is 28.8 Å². The number of methoxy groups -OCH3 is 1. The third kappa shape index (κ3) is 3.32. The van der Waals surface area contributed by atoms with Crippen LogP contribution in [0.5, 0.6) is 6.01 Å². The normalized spacial score (nSPS) is 24.0. The average molecular weight is 397 g/mol. The van der Waals surface area contributed by atoms with Gasteiger partial charge in [0.05, 0.1) is 13.2 Å². The molecule has 9 heteroatoms. The summed E-state index contributed by atoms with van der Waals surface area (Å²) >= 11 is 0. The molecule has 29 heavy (non-hydrogen) atoms. The Morgan fingerprint density at radius 1 is 1.31 bits per heavy atom. The number of carbonyl (C=O) groups is 1. The molecule has 2 aromatic heterocycles. The first-order valence-electron chi connectivity index (χ1n) is 9.52. The average Bonchev–Trinajstić information content (AvgIpc) is 3.26. The van der Waals surface area contributed by atoms with E-state index in [9.17, 15) is 9.90 Å². The van der Waals surface area contributed by atoms with E-state index >= 15 is 0 Å². The predicted octanol–water partition coefficient (Wildman–Crippen LogP) is 2.39. The van der Waals surface area contributed by atoms with Crippen LogP contribution in [0.3, 0.4) is 0 Å². The molecule has 0 bridgehead atoms. The van der Waals surface area contributed by atoms with Gasteiger partial charge in [-0.05, 0) is 18.6 Å². The first kappa shape index (κ1) is 19.3. The van der Waals surface area contributed by atoms with E-state index in [0.717, 1.165) is 6.42 Å². The second kappa shape index (κ2) is 7.76. The zero-order chi connectivity index (χ0) is 20.5. The molecule has 4 atom stereocenters. The lowest BCUT2D eigenvalue weighted by Gasteiger charge is -2.18. The number of nitrogens with zero attached hydrogens (tertiary/aromatic N) is 4. The first-order chi connectivity index (χ1) is 14.0. The number of amides is 1. The molecule has 0 saturated carbocycles. The third-order valence-corrected chi connectivity index (χ3v) is 5.28. The largest absolute Gasteiger partial charge is 0.468 e. The molecule has 1 aliphatic heterocycles. The van der Waals surface area contributed by atoms with Crippen molar-refractivity contribution in [2.75, 3.05) is 12.4 Å². The van der Waals surface area contributed by atoms with Crippen molar-refractivity contribution in [3.05, 3.63) is 42.2 Å². The standard InChI is InChI=1S/C20H23N5O4/c1-4-13-11(2)15(26)19(29-13)25-17-14(23-20(25)28-3)16(21-10-22-17)24-18(27)12-8-6-5-7-9-12/h5-11,13,15,19,26H,4H2,1-3H3,(H,21,22,24,27)/t11-,13-,15-,19-/m1/s1. The summed E-state index contributed by atoms with van der Waals surface area (Å²) in [7, 11) is 1.48. The molecular weight excluding hydrogens is 374 g/mol. The van der Waals surface area contributed by atoms with E-state index in [1.165, 1.54) is 13.4 Å². The molecule has 152 valence electrons. The molecule has 0 spiro atoms. The molecule has 1 aromatic carbocycles. The molecule has 0 unspecified atom stereocenters. The first-order valence-corrected chi connectivity index (χ1v) is 9.52. The summed E-state index contributed by atoms with van der Waals surface area (Å²) in [5.41, 5.74) is 1.27. The van der Waals surface area contributed by atoms with Crippen LogP contribution in [0.25, 0.3) is 11.2 Å². The van der Waals surface area contributed by atoms with E-state index in [2.05, 4.69) is 20.3 Å². The number of aliphatic hydroxyl groups is 1. The monoisotopic (exact) mass is 397 g/mol. The van der Waals surface area contributed by atoms with Gasteiger partial charge in [0.15, 0.2) is 23.2 Å². The Morgan fingerprint density at radius 3 is 2.72 bits per heavy atom. The van der Waals surface area contributed by atoms with Gasteiger partial charge in [-0.3, -0.25) is 4.79 Å². The highest BCUT2D eigenvalue weighted by atomic mass is 16.5. The van der Waals surface area contributed by atoms with E-state index in [4.69, 9.17) is 9.47 Å². The molecule has 1 fully saturated rings. The van der Waals surface area contributed by atoms with E-state index in [0.29, 0.717) is 16.7 Å². The third-order valence-electron chi connectivity index (χ3n) is 5.28. The number of carbonyl (C=O) groups excluding carboxylic acids is 1. The van der Waals surface area contributed by atoms with Crippen LogP contribution in [0.4, 0.5) is 5.82 Å². The van der Waals surface area contributed by atoms with Crippen LogP contribution < -0.4 is 10.1 Å². The van der Waals surface area contributed by atoms with Crippen LogP contribution >= 0.6 is 0 Å². The number of aromatic nitrogens is 4. The summed E-state index contributed by atoms with van der Waals surface area (Å²) < 4.78 is 13.1. The van der Waals surface area contributed by atoms with Crippen LogP contribution in [0.1, 0.15) is 36.9 Å². The van der Waals surface area contributed by atoms with Gasteiger partial charge in [0.1, 0.15) is 12.4 Å². The van der Waals surface area contributed by atoms with Crippen LogP contribution in [-0.2, 0) is 4.74 Å². The fraction of sp³-hybridized carbons (Fsp3) is 0.400. The molecule has 1 amide bonds. The molecule has 4 rings (SSSR count). The number of hydrogen-bond acceptors (Lipinski definition) is 7. The Hall–Kier alpha value is -3.04. The molecule has 0 aliphatic carbocycles. The molecule has 1 saturated heterocycles. The summed E-state index contributed by atoms with van der Waals surface area (Å²) in [6, 6.07) is 9.05.